The van der Waals surface area contributed by atoms with Gasteiger partial charge in [-0.05, 0) is 62.4 Å². The highest BCUT2D eigenvalue weighted by Gasteiger charge is 2.08. The number of benzene rings is 2. The van der Waals surface area contributed by atoms with E-state index in [0.717, 1.165) is 0 Å². The molecule has 0 aliphatic carbocycles. The van der Waals surface area contributed by atoms with Gasteiger partial charge in [0.2, 0.25) is 0 Å². The van der Waals surface area contributed by atoms with E-state index in [9.17, 15) is 9.59 Å². The molecule has 0 bridgehead atoms. The van der Waals surface area contributed by atoms with Gasteiger partial charge >= 0.3 is 0 Å². The van der Waals surface area contributed by atoms with Crippen LogP contribution in [-0.2, 0) is 0 Å². The smallest absolute Gasteiger partial charge is 0.255 e. The fraction of sp³-hybridized carbons (Fsp3) is 0.176. The van der Waals surface area contributed by atoms with Crippen LogP contribution in [0.4, 0.5) is 5.69 Å². The van der Waals surface area contributed by atoms with Gasteiger partial charge in [0.1, 0.15) is 0 Å². The number of carbonyl (C=O) groups excluding carboxylic acids is 2. The Labute approximate surface area is 134 Å². The molecular weight excluding hydrogens is 300 g/mol. The molecule has 0 radical (unpaired) electrons. The highest BCUT2D eigenvalue weighted by molar-refractivity contribution is 6.30. The Morgan fingerprint density at radius 3 is 1.91 bits per heavy atom. The molecule has 0 saturated carbocycles. The highest BCUT2D eigenvalue weighted by Crippen LogP contribution is 2.14. The molecule has 0 fully saturated rings. The highest BCUT2D eigenvalue weighted by atomic mass is 35.5. The van der Waals surface area contributed by atoms with E-state index in [4.69, 9.17) is 11.6 Å². The van der Waals surface area contributed by atoms with Crippen LogP contribution in [0.15, 0.2) is 48.5 Å². The largest absolute Gasteiger partial charge is 0.350 e. The van der Waals surface area contributed by atoms with Crippen LogP contribution in [0.3, 0.4) is 0 Å². The van der Waals surface area contributed by atoms with Gasteiger partial charge in [-0.25, -0.2) is 0 Å². The maximum atomic E-state index is 12.1. The van der Waals surface area contributed by atoms with Crippen LogP contribution in [0.2, 0.25) is 5.02 Å². The Hall–Kier alpha value is -2.33. The normalized spacial score (nSPS) is 10.4. The summed E-state index contributed by atoms with van der Waals surface area (Å²) in [5.41, 5.74) is 1.70. The first-order valence-corrected chi connectivity index (χ1v) is 7.31. The quantitative estimate of drug-likeness (QED) is 0.903. The minimum atomic E-state index is -0.226. The molecule has 2 N–H and O–H groups in total. The average molecular weight is 317 g/mol. The van der Waals surface area contributed by atoms with E-state index >= 15 is 0 Å². The number of carbonyl (C=O) groups is 2. The minimum absolute atomic E-state index is 0.0804. The molecule has 4 nitrogen and oxygen atoms in total. The van der Waals surface area contributed by atoms with E-state index in [-0.39, 0.29) is 17.9 Å². The molecule has 114 valence electrons. The summed E-state index contributed by atoms with van der Waals surface area (Å²) in [6.45, 7) is 3.80. The van der Waals surface area contributed by atoms with Gasteiger partial charge in [-0.2, -0.15) is 0 Å². The summed E-state index contributed by atoms with van der Waals surface area (Å²) in [7, 11) is 0. The van der Waals surface area contributed by atoms with Crippen molar-refractivity contribution in [2.45, 2.75) is 19.9 Å². The van der Waals surface area contributed by atoms with Crippen molar-refractivity contribution < 1.29 is 9.59 Å². The predicted molar refractivity (Wildman–Crippen MR) is 88.4 cm³/mol. The van der Waals surface area contributed by atoms with Gasteiger partial charge in [0.05, 0.1) is 0 Å². The van der Waals surface area contributed by atoms with Gasteiger partial charge in [-0.3, -0.25) is 9.59 Å². The molecule has 2 aromatic rings. The SMILES string of the molecule is CC(C)NC(=O)c1ccc(NC(=O)c2ccc(Cl)cc2)cc1. The van der Waals surface area contributed by atoms with Crippen LogP contribution in [0.25, 0.3) is 0 Å². The first-order chi connectivity index (χ1) is 10.5. The first kappa shape index (κ1) is 16.0. The third kappa shape index (κ3) is 4.33. The summed E-state index contributed by atoms with van der Waals surface area (Å²) < 4.78 is 0. The molecule has 0 unspecified atom stereocenters. The second-order valence-corrected chi connectivity index (χ2v) is 5.60. The van der Waals surface area contributed by atoms with E-state index in [1.165, 1.54) is 0 Å². The van der Waals surface area contributed by atoms with Gasteiger partial charge < -0.3 is 10.6 Å². The Balaban J connectivity index is 2.03. The van der Waals surface area contributed by atoms with Crippen LogP contribution in [0.1, 0.15) is 34.6 Å². The number of hydrogen-bond acceptors (Lipinski definition) is 2. The lowest BCUT2D eigenvalue weighted by molar-refractivity contribution is 0.0942. The number of hydrogen-bond donors (Lipinski definition) is 2. The Bertz CT molecular complexity index is 664. The van der Waals surface area contributed by atoms with Crippen molar-refractivity contribution >= 4 is 29.1 Å². The summed E-state index contributed by atoms with van der Waals surface area (Å²) in [6.07, 6.45) is 0. The van der Waals surface area contributed by atoms with Crippen molar-refractivity contribution in [2.24, 2.45) is 0 Å². The molecule has 0 aliphatic heterocycles. The van der Waals surface area contributed by atoms with Gasteiger partial charge in [0.25, 0.3) is 11.8 Å². The Morgan fingerprint density at radius 2 is 1.36 bits per heavy atom. The molecule has 0 spiro atoms. The van der Waals surface area contributed by atoms with Crippen LogP contribution in [0.5, 0.6) is 0 Å². The van der Waals surface area contributed by atoms with Crippen molar-refractivity contribution in [1.82, 2.24) is 5.32 Å². The first-order valence-electron chi connectivity index (χ1n) is 6.93. The maximum Gasteiger partial charge on any atom is 0.255 e. The summed E-state index contributed by atoms with van der Waals surface area (Å²) in [6, 6.07) is 13.5. The fourth-order valence-corrected chi connectivity index (χ4v) is 1.98. The molecule has 0 atom stereocenters. The van der Waals surface area contributed by atoms with Gasteiger partial charge in [0, 0.05) is 27.9 Å². The lowest BCUT2D eigenvalue weighted by Crippen LogP contribution is -2.30. The molecule has 2 amide bonds. The summed E-state index contributed by atoms with van der Waals surface area (Å²) in [5.74, 6) is -0.360. The lowest BCUT2D eigenvalue weighted by atomic mass is 10.1. The third-order valence-corrected chi connectivity index (χ3v) is 3.18. The van der Waals surface area contributed by atoms with E-state index in [0.29, 0.717) is 21.8 Å². The van der Waals surface area contributed by atoms with Crippen LogP contribution < -0.4 is 10.6 Å². The van der Waals surface area contributed by atoms with Gasteiger partial charge in [0.15, 0.2) is 0 Å². The average Bonchev–Trinajstić information content (AvgIpc) is 2.48. The van der Waals surface area contributed by atoms with Crippen molar-refractivity contribution in [1.29, 1.82) is 0 Å². The van der Waals surface area contributed by atoms with Gasteiger partial charge in [-0.15, -0.1) is 0 Å². The van der Waals surface area contributed by atoms with Crippen molar-refractivity contribution in [3.05, 3.63) is 64.7 Å². The van der Waals surface area contributed by atoms with Crippen LogP contribution >= 0.6 is 11.6 Å². The summed E-state index contributed by atoms with van der Waals surface area (Å²) in [4.78, 5) is 23.9. The Morgan fingerprint density at radius 1 is 0.864 bits per heavy atom. The number of anilines is 1. The number of amides is 2. The van der Waals surface area contributed by atoms with E-state index in [1.807, 2.05) is 13.8 Å². The molecule has 0 saturated heterocycles. The maximum absolute atomic E-state index is 12.1. The van der Waals surface area contributed by atoms with Crippen molar-refractivity contribution in [3.8, 4) is 0 Å². The zero-order valence-corrected chi connectivity index (χ0v) is 13.1. The molecule has 0 aliphatic rings. The second-order valence-electron chi connectivity index (χ2n) is 5.17. The molecule has 22 heavy (non-hydrogen) atoms. The lowest BCUT2D eigenvalue weighted by Gasteiger charge is -2.09. The summed E-state index contributed by atoms with van der Waals surface area (Å²) >= 11 is 5.79. The van der Waals surface area contributed by atoms with Crippen molar-refractivity contribution in [3.63, 3.8) is 0 Å². The topological polar surface area (TPSA) is 58.2 Å². The molecule has 0 aromatic heterocycles. The molecule has 2 aromatic carbocycles. The zero-order valence-electron chi connectivity index (χ0n) is 12.4. The van der Waals surface area contributed by atoms with E-state index in [2.05, 4.69) is 10.6 Å². The molecular formula is C17H17ClN2O2. The number of rotatable bonds is 4. The van der Waals surface area contributed by atoms with E-state index in [1.54, 1.807) is 48.5 Å². The van der Waals surface area contributed by atoms with Crippen LogP contribution in [-0.4, -0.2) is 17.9 Å². The molecule has 2 rings (SSSR count). The third-order valence-electron chi connectivity index (χ3n) is 2.93. The molecule has 0 heterocycles. The van der Waals surface area contributed by atoms with E-state index < -0.39 is 0 Å². The Kier molecular flexibility index (Phi) is 5.17. The number of nitrogens with one attached hydrogen (secondary N) is 2. The second kappa shape index (κ2) is 7.09. The molecule has 5 heteroatoms. The standard InChI is InChI=1S/C17H17ClN2O2/c1-11(2)19-16(21)13-5-9-15(10-6-13)20-17(22)12-3-7-14(18)8-4-12/h3-11H,1-2H3,(H,19,21)(H,20,22). The minimum Gasteiger partial charge on any atom is -0.350 e. The van der Waals surface area contributed by atoms with Gasteiger partial charge in [-0.1, -0.05) is 11.6 Å². The predicted octanol–water partition coefficient (Wildman–Crippen LogP) is 3.73. The van der Waals surface area contributed by atoms with Crippen molar-refractivity contribution in [2.75, 3.05) is 5.32 Å². The van der Waals surface area contributed by atoms with Crippen LogP contribution in [0, 0.1) is 0 Å². The number of halogens is 1. The summed E-state index contributed by atoms with van der Waals surface area (Å²) in [5, 5.41) is 6.16. The fourth-order valence-electron chi connectivity index (χ4n) is 1.85. The monoisotopic (exact) mass is 316 g/mol. The zero-order chi connectivity index (χ0) is 16.1.